The molecule has 1 unspecified atom stereocenters. The number of carbonyl (C=O) groups excluding carboxylic acids is 2. The minimum atomic E-state index is -1.65. The molecule has 142 valence electrons. The molecule has 3 rings (SSSR count). The first-order valence-electron chi connectivity index (χ1n) is 9.36. The summed E-state index contributed by atoms with van der Waals surface area (Å²) in [4.78, 5) is 32.0. The van der Waals surface area contributed by atoms with Crippen LogP contribution in [0.5, 0.6) is 5.75 Å². The van der Waals surface area contributed by atoms with Crippen LogP contribution in [0.25, 0.3) is 0 Å². The van der Waals surface area contributed by atoms with E-state index in [1.165, 1.54) is 6.92 Å². The Labute approximate surface area is 159 Å². The quantitative estimate of drug-likeness (QED) is 0.793. The minimum absolute atomic E-state index is 0.397. The van der Waals surface area contributed by atoms with Gasteiger partial charge >= 0.3 is 0 Å². The molecule has 1 aromatic heterocycles. The molecule has 1 aliphatic heterocycles. The molecule has 0 saturated heterocycles. The van der Waals surface area contributed by atoms with Gasteiger partial charge in [0.1, 0.15) is 0 Å². The van der Waals surface area contributed by atoms with E-state index >= 15 is 0 Å². The molecule has 2 aromatic rings. The Balaban J connectivity index is 1.91. The Morgan fingerprint density at radius 3 is 2.81 bits per heavy atom. The molecule has 0 fully saturated rings. The van der Waals surface area contributed by atoms with Crippen LogP contribution in [0.15, 0.2) is 42.6 Å². The van der Waals surface area contributed by atoms with Gasteiger partial charge in [-0.1, -0.05) is 32.4 Å². The molecule has 0 radical (unpaired) electrons. The van der Waals surface area contributed by atoms with Gasteiger partial charge in [-0.3, -0.25) is 14.5 Å². The molecule has 0 bridgehead atoms. The van der Waals surface area contributed by atoms with Crippen LogP contribution in [0.4, 0.5) is 11.5 Å². The van der Waals surface area contributed by atoms with Crippen LogP contribution in [0.2, 0.25) is 0 Å². The number of pyridine rings is 1. The fourth-order valence-electron chi connectivity index (χ4n) is 3.07. The summed E-state index contributed by atoms with van der Waals surface area (Å²) in [5.74, 6) is 0.0189. The summed E-state index contributed by atoms with van der Waals surface area (Å²) in [6.45, 7) is 6.11. The number of rotatable bonds is 6. The fourth-order valence-corrected chi connectivity index (χ4v) is 3.07. The molecule has 6 heteroatoms. The van der Waals surface area contributed by atoms with Gasteiger partial charge in [0.05, 0.1) is 0 Å². The Bertz CT molecular complexity index is 852. The van der Waals surface area contributed by atoms with Crippen molar-refractivity contribution >= 4 is 23.3 Å². The maximum atomic E-state index is 13.2. The number of ether oxygens (including phenoxy) is 1. The van der Waals surface area contributed by atoms with E-state index in [9.17, 15) is 9.59 Å². The third-order valence-electron chi connectivity index (χ3n) is 4.74. The van der Waals surface area contributed by atoms with Crippen molar-refractivity contribution in [3.8, 4) is 5.75 Å². The number of carbonyl (C=O) groups is 2. The van der Waals surface area contributed by atoms with Gasteiger partial charge in [-0.25, -0.2) is 4.98 Å². The lowest BCUT2D eigenvalue weighted by atomic mass is 10.00. The second kappa shape index (κ2) is 7.78. The van der Waals surface area contributed by atoms with Crippen molar-refractivity contribution in [2.24, 2.45) is 0 Å². The summed E-state index contributed by atoms with van der Waals surface area (Å²) in [5, 5.41) is 2.83. The van der Waals surface area contributed by atoms with Crippen LogP contribution in [-0.4, -0.2) is 28.9 Å². The zero-order valence-corrected chi connectivity index (χ0v) is 16.0. The van der Waals surface area contributed by atoms with Crippen molar-refractivity contribution in [3.05, 3.63) is 48.2 Å². The number of fused-ring (bicyclic) bond motifs is 1. The first kappa shape index (κ1) is 18.9. The van der Waals surface area contributed by atoms with Crippen LogP contribution < -0.4 is 15.0 Å². The highest BCUT2D eigenvalue weighted by atomic mass is 16.5. The number of nitrogens with one attached hydrogen (secondary N) is 1. The van der Waals surface area contributed by atoms with E-state index in [4.69, 9.17) is 4.74 Å². The number of anilines is 2. The highest BCUT2D eigenvalue weighted by molar-refractivity contribution is 6.19. The summed E-state index contributed by atoms with van der Waals surface area (Å²) in [5.41, 5.74) is 0.105. The molecule has 1 aliphatic rings. The van der Waals surface area contributed by atoms with Crippen molar-refractivity contribution < 1.29 is 14.3 Å². The Hall–Kier alpha value is -2.89. The van der Waals surface area contributed by atoms with Crippen LogP contribution in [0.1, 0.15) is 39.2 Å². The second-order valence-electron chi connectivity index (χ2n) is 6.78. The number of nitrogens with zero attached hydrogens (tertiary/aromatic N) is 2. The minimum Gasteiger partial charge on any atom is -0.464 e. The second-order valence-corrected chi connectivity index (χ2v) is 6.78. The lowest BCUT2D eigenvalue weighted by Gasteiger charge is -2.38. The van der Waals surface area contributed by atoms with Gasteiger partial charge in [0.15, 0.2) is 11.6 Å². The normalized spacial score (nSPS) is 18.6. The molecule has 2 amide bonds. The molecule has 27 heavy (non-hydrogen) atoms. The first-order chi connectivity index (χ1) is 13.0. The predicted octanol–water partition coefficient (Wildman–Crippen LogP) is 3.57. The third-order valence-corrected chi connectivity index (χ3v) is 4.74. The maximum Gasteiger partial charge on any atom is 0.282 e. The van der Waals surface area contributed by atoms with Gasteiger partial charge < -0.3 is 10.1 Å². The summed E-state index contributed by atoms with van der Waals surface area (Å²) in [6.07, 6.45) is 4.23. The van der Waals surface area contributed by atoms with Crippen LogP contribution in [0.3, 0.4) is 0 Å². The Morgan fingerprint density at radius 2 is 2.07 bits per heavy atom. The van der Waals surface area contributed by atoms with Crippen molar-refractivity contribution in [2.75, 3.05) is 16.8 Å². The van der Waals surface area contributed by atoms with Gasteiger partial charge in [-0.2, -0.15) is 0 Å². The number of hydrogen-bond donors (Lipinski definition) is 1. The number of unbranched alkanes of at least 4 members (excludes halogenated alkanes) is 1. The third kappa shape index (κ3) is 3.65. The molecule has 6 nitrogen and oxygen atoms in total. The van der Waals surface area contributed by atoms with Gasteiger partial charge in [0, 0.05) is 18.4 Å². The Kier molecular flexibility index (Phi) is 5.44. The Morgan fingerprint density at radius 1 is 1.26 bits per heavy atom. The SMILES string of the molecule is CCCCN1C(=O)C(C)(C(=O)Nc2cccc(CC)c2)Oc2cccnc21. The zero-order chi connectivity index (χ0) is 19.4. The van der Waals surface area contributed by atoms with E-state index in [-0.39, 0.29) is 0 Å². The molecule has 1 atom stereocenters. The van der Waals surface area contributed by atoms with Gasteiger partial charge in [-0.15, -0.1) is 0 Å². The lowest BCUT2D eigenvalue weighted by Crippen LogP contribution is -2.61. The average Bonchev–Trinajstić information content (AvgIpc) is 2.68. The van der Waals surface area contributed by atoms with Crippen molar-refractivity contribution in [3.63, 3.8) is 0 Å². The smallest absolute Gasteiger partial charge is 0.282 e. The lowest BCUT2D eigenvalue weighted by molar-refractivity contribution is -0.145. The monoisotopic (exact) mass is 367 g/mol. The maximum absolute atomic E-state index is 13.2. The number of benzene rings is 1. The van der Waals surface area contributed by atoms with E-state index in [2.05, 4.69) is 17.2 Å². The summed E-state index contributed by atoms with van der Waals surface area (Å²) in [7, 11) is 0. The predicted molar refractivity (Wildman–Crippen MR) is 105 cm³/mol. The highest BCUT2D eigenvalue weighted by Crippen LogP contribution is 2.36. The van der Waals surface area contributed by atoms with E-state index in [1.807, 2.05) is 25.1 Å². The van der Waals surface area contributed by atoms with E-state index in [1.54, 1.807) is 29.3 Å². The van der Waals surface area contributed by atoms with Crippen LogP contribution in [-0.2, 0) is 16.0 Å². The van der Waals surface area contributed by atoms with Crippen LogP contribution in [0, 0.1) is 0 Å². The molecule has 0 aliphatic carbocycles. The molecule has 0 saturated carbocycles. The number of aryl methyl sites for hydroxylation is 1. The van der Waals surface area contributed by atoms with Gasteiger partial charge in [0.2, 0.25) is 0 Å². The number of aromatic nitrogens is 1. The van der Waals surface area contributed by atoms with Crippen molar-refractivity contribution in [2.45, 2.75) is 45.6 Å². The largest absolute Gasteiger partial charge is 0.464 e. The average molecular weight is 367 g/mol. The molecular weight excluding hydrogens is 342 g/mol. The highest BCUT2D eigenvalue weighted by Gasteiger charge is 2.51. The standard InChI is InChI=1S/C21H25N3O3/c1-4-6-13-24-18-17(11-8-12-22-18)27-21(3,20(24)26)19(25)23-16-10-7-9-15(5-2)14-16/h7-12,14H,4-6,13H2,1-3H3,(H,23,25). The number of hydrogen-bond acceptors (Lipinski definition) is 4. The van der Waals surface area contributed by atoms with Gasteiger partial charge in [0.25, 0.3) is 17.4 Å². The van der Waals surface area contributed by atoms with Gasteiger partial charge in [-0.05, 0) is 49.6 Å². The van der Waals surface area contributed by atoms with Crippen molar-refractivity contribution in [1.29, 1.82) is 0 Å². The molecule has 1 aromatic carbocycles. The summed E-state index contributed by atoms with van der Waals surface area (Å²) in [6, 6.07) is 11.0. The fraction of sp³-hybridized carbons (Fsp3) is 0.381. The van der Waals surface area contributed by atoms with Crippen LogP contribution >= 0.6 is 0 Å². The number of amides is 2. The molecule has 1 N–H and O–H groups in total. The molecule has 0 spiro atoms. The van der Waals surface area contributed by atoms with E-state index in [0.717, 1.165) is 24.8 Å². The van der Waals surface area contributed by atoms with E-state index in [0.29, 0.717) is 23.8 Å². The van der Waals surface area contributed by atoms with Crippen molar-refractivity contribution in [1.82, 2.24) is 4.98 Å². The van der Waals surface area contributed by atoms with E-state index < -0.39 is 17.4 Å². The molecule has 2 heterocycles. The zero-order valence-electron chi connectivity index (χ0n) is 16.0. The summed E-state index contributed by atoms with van der Waals surface area (Å²) < 4.78 is 5.87. The molecular formula is C21H25N3O3. The summed E-state index contributed by atoms with van der Waals surface area (Å²) >= 11 is 0. The topological polar surface area (TPSA) is 71.5 Å². The first-order valence-corrected chi connectivity index (χ1v) is 9.36.